The van der Waals surface area contributed by atoms with Gasteiger partial charge in [0.15, 0.2) is 0 Å². The Morgan fingerprint density at radius 3 is 1.02 bits per heavy atom. The Labute approximate surface area is 708 Å². The lowest BCUT2D eigenvalue weighted by atomic mass is 9.39. The second-order valence-corrected chi connectivity index (χ2v) is 41.7. The van der Waals surface area contributed by atoms with Gasteiger partial charge in [-0.25, -0.2) is 0 Å². The largest absolute Gasteiger partial charge is 0.369 e. The fraction of sp³-hybridized carbons (Fsp3) is 0.833. The first kappa shape index (κ1) is 112. The van der Waals surface area contributed by atoms with Gasteiger partial charge in [0.25, 0.3) is 6.85 Å². The van der Waals surface area contributed by atoms with Crippen LogP contribution >= 0.6 is 0 Å². The van der Waals surface area contributed by atoms with E-state index in [0.717, 1.165) is 52.6 Å². The molecule has 3 nitrogen and oxygen atoms in total. The molecular weight excluding hydrogens is 1320 g/mol. The van der Waals surface area contributed by atoms with Crippen molar-refractivity contribution in [1.82, 2.24) is 0 Å². The van der Waals surface area contributed by atoms with E-state index in [2.05, 4.69) is 249 Å². The van der Waals surface area contributed by atoms with Crippen LogP contribution in [-0.4, -0.2) is 86.1 Å². The summed E-state index contributed by atoms with van der Waals surface area (Å²) in [7, 11) is 12.8. The maximum Gasteiger partial charge on any atom is 0.287 e. The average Bonchev–Trinajstić information content (AvgIpc) is 1.43. The van der Waals surface area contributed by atoms with Gasteiger partial charge < -0.3 is 16.9 Å². The molecule has 0 aromatic heterocycles. The second kappa shape index (κ2) is 68.4. The minimum Gasteiger partial charge on any atom is -0.369 e. The van der Waals surface area contributed by atoms with Crippen molar-refractivity contribution in [3.05, 3.63) is 82.0 Å². The zero-order valence-electron chi connectivity index (χ0n) is 81.4. The van der Waals surface area contributed by atoms with E-state index in [-0.39, 0.29) is 13.7 Å². The molecule has 0 radical (unpaired) electrons. The van der Waals surface area contributed by atoms with Crippen LogP contribution < -0.4 is 27.9 Å². The van der Waals surface area contributed by atoms with E-state index in [4.69, 9.17) is 16.9 Å². The van der Waals surface area contributed by atoms with Crippen LogP contribution in [0.2, 0.25) is 134 Å². The van der Waals surface area contributed by atoms with Gasteiger partial charge in [-0.3, -0.25) is 0 Å². The molecular formula is C96H195B12N3. The standard InChI is InChI=1S/C16H20BN.C16H32BN.C12H24BN.2C8H17B.C7H15B.2C6H13B.C6H15B.C5H11B.C4H11B.C2H7B/c1-11-7-5-8-12(2)15(11)17(18)16-13(3)9-6-10-14(16)4;1-11(2)9-15(13(5)6)17(18)16(14(7)8)10-12(3)4;14-13(11-7-3-1-4-8-11)12-9-5-2-6-10-12;1-7(2)5-6-8(3,4)9-7;1-7-3-4-8(2)6-9-5-7;1-6-4-3-5-7(2)8-6;1-6-4-2-3-5-7-6;1-2-4-6-7-5-3-1;1-5(2)7-6(3)4;1-2-4-6-5-3-1;1-3-5-4-2;1-3-2/h5-10H,18H2,1-4H3;9-10,13-16H,18H2,1-8H3;11-12H,1-10,14H2;9H,5-6H2,1-4H3;7-9H,3-6H2,1-2H3;6-8H,3-5H2,1-2H3;6-7H,2-5H2,1H3;7H,1-6H2;5-7H,1-4H3;6H,1-5H2;5H,3-4H2,1-2H3;3H,1-2H3/t;;;;7-,8-;;;;;;;/m....0......./s1. The van der Waals surface area contributed by atoms with Gasteiger partial charge in [-0.05, 0) is 90.5 Å². The van der Waals surface area contributed by atoms with Crippen molar-refractivity contribution in [2.24, 2.45) is 40.6 Å². The zero-order valence-corrected chi connectivity index (χ0v) is 81.4. The van der Waals surface area contributed by atoms with Gasteiger partial charge in [0.2, 0.25) is 13.7 Å². The van der Waals surface area contributed by atoms with Crippen molar-refractivity contribution in [1.29, 1.82) is 0 Å². The molecule has 2 aromatic rings. The lowest BCUT2D eigenvalue weighted by Crippen LogP contribution is -2.54. The van der Waals surface area contributed by atoms with Crippen LogP contribution in [0.15, 0.2) is 59.7 Å². The maximum atomic E-state index is 6.57. The molecule has 6 saturated heterocycles. The van der Waals surface area contributed by atoms with E-state index in [1.54, 1.807) is 0 Å². The molecule has 0 bridgehead atoms. The quantitative estimate of drug-likeness (QED) is 0.130. The number of hydrogen-bond acceptors (Lipinski definition) is 3. The predicted molar refractivity (Wildman–Crippen MR) is 545 cm³/mol. The first-order valence-corrected chi connectivity index (χ1v) is 49.1. The number of allylic oxidation sites excluding steroid dienone is 4. The van der Waals surface area contributed by atoms with Gasteiger partial charge in [0, 0.05) is 0 Å². The number of nitrogens with two attached hydrogens (primary N) is 3. The average molecular weight is 1520 g/mol. The Balaban J connectivity index is 0. The Morgan fingerprint density at radius 2 is 0.784 bits per heavy atom. The maximum absolute atomic E-state index is 6.57. The smallest absolute Gasteiger partial charge is 0.287 e. The van der Waals surface area contributed by atoms with E-state index in [0.29, 0.717) is 40.9 Å². The lowest BCUT2D eigenvalue weighted by molar-refractivity contribution is 0.461. The molecule has 7 atom stereocenters. The van der Waals surface area contributed by atoms with Crippen LogP contribution in [0.4, 0.5) is 0 Å². The molecule has 6 N–H and O–H groups in total. The van der Waals surface area contributed by atoms with Crippen LogP contribution in [0.5, 0.6) is 0 Å². The molecule has 0 spiro atoms. The molecule has 8 aliphatic rings. The van der Waals surface area contributed by atoms with Crippen molar-refractivity contribution in [3.63, 3.8) is 0 Å². The highest BCUT2D eigenvalue weighted by molar-refractivity contribution is 6.84. The number of hydrogen-bond donors (Lipinski definition) is 3. The first-order valence-electron chi connectivity index (χ1n) is 49.1. The molecule has 6 aliphatic heterocycles. The summed E-state index contributed by atoms with van der Waals surface area (Å²) in [6.07, 6.45) is 57.3. The van der Waals surface area contributed by atoms with Crippen LogP contribution in [0.3, 0.4) is 0 Å². The van der Waals surface area contributed by atoms with Crippen LogP contribution in [-0.2, 0) is 0 Å². The topological polar surface area (TPSA) is 78.1 Å². The summed E-state index contributed by atoms with van der Waals surface area (Å²) in [5.74, 6) is 10.6. The Bertz CT molecular complexity index is 2300. The van der Waals surface area contributed by atoms with Crippen molar-refractivity contribution in [3.8, 4) is 0 Å². The normalized spacial score (nSPS) is 21.4. The molecule has 5 unspecified atom stereocenters. The molecule has 2 aliphatic carbocycles. The minimum absolute atomic E-state index is 0.0348. The Kier molecular flexibility index (Phi) is 68.7. The fourth-order valence-electron chi connectivity index (χ4n) is 19.2. The second-order valence-electron chi connectivity index (χ2n) is 41.7. The van der Waals surface area contributed by atoms with E-state index in [1.165, 1.54) is 340 Å². The SMILES string of the molecule is B1CCCCC1.B1CCCCCC1.CBC.CC(C)=CC(B(N)C(C=C(C)C)C(C)C)C(C)C.CC(C)BC(C)C.CC1(C)BC(C)(C)CC1.CC1BC(C)CCC1.CC1BCCCC1.CCBCC.C[C@@H]1CBC[C@@H](C)CC1.Cc1cccc(C)c1B(N)c1c(C)cccc1C.NB(C1CCCCC1)C1CCCCC1. The molecule has 6 heterocycles. The van der Waals surface area contributed by atoms with Gasteiger partial charge in [0.05, 0.1) is 0 Å². The zero-order chi connectivity index (χ0) is 84.3. The summed E-state index contributed by atoms with van der Waals surface area (Å²) >= 11 is 0. The van der Waals surface area contributed by atoms with E-state index >= 15 is 0 Å². The van der Waals surface area contributed by atoms with Crippen molar-refractivity contribution in [2.45, 2.75) is 494 Å². The van der Waals surface area contributed by atoms with Crippen LogP contribution in [0.25, 0.3) is 0 Å². The summed E-state index contributed by atoms with van der Waals surface area (Å²) in [5, 5.41) is 1.26. The van der Waals surface area contributed by atoms with Gasteiger partial charge in [-0.15, -0.1) is 0 Å². The van der Waals surface area contributed by atoms with Gasteiger partial charge in [-0.1, -0.05) is 520 Å². The monoisotopic (exact) mass is 1520 g/mol. The van der Waals surface area contributed by atoms with E-state index < -0.39 is 0 Å². The first-order chi connectivity index (χ1) is 52.4. The van der Waals surface area contributed by atoms with Gasteiger partial charge in [0.1, 0.15) is 65.5 Å². The van der Waals surface area contributed by atoms with Gasteiger partial charge in [-0.2, -0.15) is 0 Å². The van der Waals surface area contributed by atoms with E-state index in [9.17, 15) is 0 Å². The van der Waals surface area contributed by atoms with Crippen molar-refractivity contribution < 1.29 is 0 Å². The molecule has 630 valence electrons. The molecule has 111 heavy (non-hydrogen) atoms. The highest BCUT2D eigenvalue weighted by atomic mass is 14.5. The van der Waals surface area contributed by atoms with Crippen LogP contribution in [0, 0.1) is 51.4 Å². The molecule has 2 aromatic carbocycles. The summed E-state index contributed by atoms with van der Waals surface area (Å²) in [5.41, 5.74) is 29.8. The third kappa shape index (κ3) is 59.8. The van der Waals surface area contributed by atoms with E-state index in [1.807, 2.05) is 0 Å². The van der Waals surface area contributed by atoms with Crippen LogP contribution in [0.1, 0.15) is 355 Å². The molecule has 10 rings (SSSR count). The minimum atomic E-state index is -0.0348. The van der Waals surface area contributed by atoms with Gasteiger partial charge >= 0.3 is 0 Å². The lowest BCUT2D eigenvalue weighted by Gasteiger charge is -2.32. The summed E-state index contributed by atoms with van der Waals surface area (Å²) in [6, 6.07) is 12.7. The highest BCUT2D eigenvalue weighted by Crippen LogP contribution is 2.51. The third-order valence-electron chi connectivity index (χ3n) is 25.5. The molecule has 0 amide bonds. The number of rotatable bonds is 14. The third-order valence-corrected chi connectivity index (χ3v) is 25.5. The summed E-state index contributed by atoms with van der Waals surface area (Å²) < 4.78 is 0. The Hall–Kier alpha value is -1.42. The molecule has 2 saturated carbocycles. The molecule has 8 fully saturated rings. The highest BCUT2D eigenvalue weighted by Gasteiger charge is 2.38. The number of benzene rings is 2. The Morgan fingerprint density at radius 1 is 0.459 bits per heavy atom. The van der Waals surface area contributed by atoms with Crippen molar-refractivity contribution in [2.75, 3.05) is 0 Å². The fourth-order valence-corrected chi connectivity index (χ4v) is 19.2. The molecule has 15 heteroatoms. The summed E-state index contributed by atoms with van der Waals surface area (Å²) in [6.45, 7) is 66.1. The number of aryl methyl sites for hydroxylation is 4. The van der Waals surface area contributed by atoms with Crippen molar-refractivity contribution >= 4 is 97.0 Å². The summed E-state index contributed by atoms with van der Waals surface area (Å²) in [4.78, 5) is 0. The predicted octanol–water partition coefficient (Wildman–Crippen LogP) is 26.7.